The molecule has 15 heteroatoms. The van der Waals surface area contributed by atoms with Gasteiger partial charge in [-0.1, -0.05) is 30.3 Å². The summed E-state index contributed by atoms with van der Waals surface area (Å²) < 4.78 is 23.3. The van der Waals surface area contributed by atoms with E-state index < -0.39 is 52.4 Å². The highest BCUT2D eigenvalue weighted by Gasteiger charge is 2.55. The number of hydrogen-bond donors (Lipinski definition) is 3. The van der Waals surface area contributed by atoms with E-state index in [2.05, 4.69) is 10.6 Å². The number of rotatable bonds is 12. The Morgan fingerprint density at radius 1 is 0.772 bits per heavy atom. The number of amides is 3. The molecule has 0 aliphatic heterocycles. The molecule has 0 radical (unpaired) electrons. The molecule has 0 heterocycles. The van der Waals surface area contributed by atoms with Crippen LogP contribution in [0.4, 0.5) is 20.1 Å². The largest absolute Gasteiger partial charge is 0.445 e. The van der Waals surface area contributed by atoms with Crippen LogP contribution in [0.2, 0.25) is 0 Å². The number of carbonyl (C=O) groups excluding carboxylic acids is 4. The quantitative estimate of drug-likeness (QED) is 0.0366. The Morgan fingerprint density at radius 2 is 1.30 bits per heavy atom. The van der Waals surface area contributed by atoms with Gasteiger partial charge in [0.05, 0.1) is 4.92 Å². The molecular weight excluding hydrogens is 734 g/mol. The summed E-state index contributed by atoms with van der Waals surface area (Å²) in [6.07, 6.45) is 9.33. The van der Waals surface area contributed by atoms with E-state index in [1.807, 2.05) is 6.07 Å². The third-order valence-corrected chi connectivity index (χ3v) is 13.2. The summed E-state index contributed by atoms with van der Waals surface area (Å²) in [6.45, 7) is -0.188. The summed E-state index contributed by atoms with van der Waals surface area (Å²) in [6, 6.07) is 12.7. The van der Waals surface area contributed by atoms with Crippen LogP contribution in [0, 0.1) is 51.0 Å². The predicted octanol–water partition coefficient (Wildman–Crippen LogP) is 7.61. The van der Waals surface area contributed by atoms with Crippen LogP contribution in [0.5, 0.6) is 5.75 Å². The number of alkyl carbamates (subject to hydrolysis) is 2. The molecule has 8 bridgehead atoms. The molecule has 0 unspecified atom stereocenters. The monoisotopic (exact) mass is 785 g/mol. The van der Waals surface area contributed by atoms with Crippen LogP contribution in [0.15, 0.2) is 54.6 Å². The van der Waals surface area contributed by atoms with Gasteiger partial charge >= 0.3 is 24.2 Å². The van der Waals surface area contributed by atoms with Crippen molar-refractivity contribution in [1.29, 1.82) is 5.41 Å². The summed E-state index contributed by atoms with van der Waals surface area (Å²) in [5.74, 6) is 1.80. The first kappa shape index (κ1) is 38.7. The predicted molar refractivity (Wildman–Crippen MR) is 204 cm³/mol. The van der Waals surface area contributed by atoms with Crippen molar-refractivity contribution in [1.82, 2.24) is 15.5 Å². The fraction of sp³-hybridized carbons (Fsp3) is 0.595. The van der Waals surface area contributed by atoms with E-state index in [4.69, 9.17) is 24.4 Å². The normalized spacial score (nSPS) is 30.5. The topological polar surface area (TPSA) is 199 Å². The van der Waals surface area contributed by atoms with Crippen LogP contribution in [0.3, 0.4) is 0 Å². The zero-order valence-electron chi connectivity index (χ0n) is 32.0. The highest BCUT2D eigenvalue weighted by Crippen LogP contribution is 2.58. The highest BCUT2D eigenvalue weighted by molar-refractivity contribution is 6.00. The van der Waals surface area contributed by atoms with Gasteiger partial charge in [0.25, 0.3) is 5.69 Å². The second-order valence-corrected chi connectivity index (χ2v) is 17.7. The number of nitro groups is 1. The molecule has 10 rings (SSSR count). The number of guanidine groups is 1. The highest BCUT2D eigenvalue weighted by atomic mass is 16.6. The van der Waals surface area contributed by atoms with E-state index in [0.717, 1.165) is 68.3 Å². The number of carbonyl (C=O) groups is 4. The van der Waals surface area contributed by atoms with Gasteiger partial charge in [0.1, 0.15) is 29.6 Å². The van der Waals surface area contributed by atoms with Gasteiger partial charge in [-0.3, -0.25) is 20.8 Å². The Morgan fingerprint density at radius 3 is 1.82 bits per heavy atom. The van der Waals surface area contributed by atoms with E-state index in [0.29, 0.717) is 35.5 Å². The minimum absolute atomic E-state index is 0.0272. The standard InChI is InChI=1S/C42H51N5O10/c43-37(45-39(50)56-41-19-27-13-28(20-41)15-29(14-27)21-41)46(40(51)57-42-22-30-16-31(23-42)18-32(17-30)24-42)12-4-7-35(44-38(49)54-25-26-5-2-1-3-6-26)36(48)55-34-10-8-33(9-11-34)47(52)53/h1-3,5-6,8-11,27-32,35H,4,7,12-25H2,(H,44,49)(H2,43,45,50)/t27?,28?,29?,30?,31?,32?,35-,41?,42?/m0/s1. The summed E-state index contributed by atoms with van der Waals surface area (Å²) in [7, 11) is 0. The molecule has 8 saturated carbocycles. The maximum absolute atomic E-state index is 14.1. The lowest BCUT2D eigenvalue weighted by molar-refractivity contribution is -0.384. The van der Waals surface area contributed by atoms with Gasteiger partial charge in [-0.05, 0) is 143 Å². The molecule has 1 atom stereocenters. The Hall–Kier alpha value is -5.21. The second kappa shape index (κ2) is 16.0. The Bertz CT molecular complexity index is 1800. The van der Waals surface area contributed by atoms with Crippen LogP contribution in [0.25, 0.3) is 0 Å². The first-order valence-corrected chi connectivity index (χ1v) is 20.4. The van der Waals surface area contributed by atoms with Crippen molar-refractivity contribution in [2.45, 2.75) is 114 Å². The number of non-ortho nitro benzene ring substituents is 1. The van der Waals surface area contributed by atoms with Crippen molar-refractivity contribution in [3.8, 4) is 5.75 Å². The van der Waals surface area contributed by atoms with Crippen molar-refractivity contribution in [3.63, 3.8) is 0 Å². The van der Waals surface area contributed by atoms with Crippen molar-refractivity contribution >= 4 is 35.9 Å². The molecule has 0 aromatic heterocycles. The smallest absolute Gasteiger partial charge is 0.417 e. The van der Waals surface area contributed by atoms with Gasteiger partial charge in [-0.2, -0.15) is 0 Å². The van der Waals surface area contributed by atoms with E-state index in [-0.39, 0.29) is 37.4 Å². The van der Waals surface area contributed by atoms with Crippen molar-refractivity contribution in [2.75, 3.05) is 6.54 Å². The van der Waals surface area contributed by atoms with E-state index in [1.54, 1.807) is 24.3 Å². The molecule has 8 aliphatic carbocycles. The lowest BCUT2D eigenvalue weighted by Gasteiger charge is -2.55. The molecule has 304 valence electrons. The number of ether oxygens (including phenoxy) is 4. The van der Waals surface area contributed by atoms with E-state index in [9.17, 15) is 29.3 Å². The molecule has 2 aromatic carbocycles. The summed E-state index contributed by atoms with van der Waals surface area (Å²) in [5, 5.41) is 25.2. The van der Waals surface area contributed by atoms with Gasteiger partial charge in [0.15, 0.2) is 0 Å². The molecule has 8 fully saturated rings. The van der Waals surface area contributed by atoms with Gasteiger partial charge in [-0.25, -0.2) is 24.1 Å². The molecular formula is C42H51N5O10. The zero-order valence-corrected chi connectivity index (χ0v) is 32.0. The molecule has 15 nitrogen and oxygen atoms in total. The molecule has 0 spiro atoms. The van der Waals surface area contributed by atoms with E-state index in [1.165, 1.54) is 43.5 Å². The SMILES string of the molecule is N=C(NC(=O)OC12CC3CC(CC(C3)C1)C2)N(CCC[C@H](NC(=O)OCc1ccccc1)C(=O)Oc1ccc([N+](=O)[O-])cc1)C(=O)OC12CC3CC(CC(C3)C1)C2. The van der Waals surface area contributed by atoms with Gasteiger partial charge in [0, 0.05) is 18.7 Å². The fourth-order valence-electron chi connectivity index (χ4n) is 11.7. The third-order valence-electron chi connectivity index (χ3n) is 13.2. The first-order chi connectivity index (χ1) is 27.4. The second-order valence-electron chi connectivity index (χ2n) is 17.7. The molecule has 0 saturated heterocycles. The third kappa shape index (κ3) is 9.02. The van der Waals surface area contributed by atoms with Gasteiger partial charge < -0.3 is 24.3 Å². The number of hydrogen-bond acceptors (Lipinski definition) is 11. The lowest BCUT2D eigenvalue weighted by atomic mass is 9.54. The molecule has 2 aromatic rings. The van der Waals surface area contributed by atoms with E-state index >= 15 is 0 Å². The Balaban J connectivity index is 0.951. The van der Waals surface area contributed by atoms with Crippen LogP contribution in [-0.2, 0) is 25.6 Å². The maximum atomic E-state index is 14.1. The van der Waals surface area contributed by atoms with Crippen LogP contribution < -0.4 is 15.4 Å². The number of esters is 1. The minimum Gasteiger partial charge on any atom is -0.445 e. The lowest BCUT2D eigenvalue weighted by Crippen LogP contribution is -2.57. The van der Waals surface area contributed by atoms with Gasteiger partial charge in [-0.15, -0.1) is 0 Å². The molecule has 57 heavy (non-hydrogen) atoms. The van der Waals surface area contributed by atoms with Crippen molar-refractivity contribution in [3.05, 3.63) is 70.3 Å². The Labute approximate surface area is 331 Å². The number of benzene rings is 2. The molecule has 8 aliphatic rings. The van der Waals surface area contributed by atoms with Crippen molar-refractivity contribution < 1.29 is 43.0 Å². The Kier molecular flexibility index (Phi) is 10.8. The van der Waals surface area contributed by atoms with Crippen molar-refractivity contribution in [2.24, 2.45) is 35.5 Å². The summed E-state index contributed by atoms with van der Waals surface area (Å²) in [4.78, 5) is 65.7. The first-order valence-electron chi connectivity index (χ1n) is 20.4. The fourth-order valence-corrected chi connectivity index (χ4v) is 11.7. The number of nitrogens with one attached hydrogen (secondary N) is 3. The zero-order chi connectivity index (χ0) is 39.7. The molecule has 3 N–H and O–H groups in total. The average Bonchev–Trinajstić information content (AvgIpc) is 3.14. The molecule has 3 amide bonds. The maximum Gasteiger partial charge on any atom is 0.417 e. The van der Waals surface area contributed by atoms with Crippen LogP contribution in [-0.4, -0.2) is 63.8 Å². The summed E-state index contributed by atoms with van der Waals surface area (Å²) in [5.41, 5.74) is -0.627. The van der Waals surface area contributed by atoms with Crippen LogP contribution in [0.1, 0.15) is 95.5 Å². The van der Waals surface area contributed by atoms with Gasteiger partial charge in [0.2, 0.25) is 5.96 Å². The van der Waals surface area contributed by atoms with Crippen LogP contribution >= 0.6 is 0 Å². The summed E-state index contributed by atoms with van der Waals surface area (Å²) >= 11 is 0. The average molecular weight is 786 g/mol. The number of nitrogens with zero attached hydrogens (tertiary/aromatic N) is 2. The minimum atomic E-state index is -1.27. The number of nitro benzene ring substituents is 1.